The molecule has 0 bridgehead atoms. The molecule has 1 aromatic rings. The number of hydrogen-bond donors (Lipinski definition) is 5. The summed E-state index contributed by atoms with van der Waals surface area (Å²) in [6, 6.07) is 5.89. The summed E-state index contributed by atoms with van der Waals surface area (Å²) in [4.78, 5) is 41.0. The third kappa shape index (κ3) is 17.2. The first-order chi connectivity index (χ1) is 16.5. The first-order valence-corrected chi connectivity index (χ1v) is 11.5. The van der Waals surface area contributed by atoms with Gasteiger partial charge in [0.15, 0.2) is 0 Å². The summed E-state index contributed by atoms with van der Waals surface area (Å²) in [5.41, 5.74) is 1.19. The van der Waals surface area contributed by atoms with E-state index in [2.05, 4.69) is 10.2 Å². The van der Waals surface area contributed by atoms with Gasteiger partial charge >= 0.3 is 23.9 Å². The monoisotopic (exact) mass is 518 g/mol. The summed E-state index contributed by atoms with van der Waals surface area (Å²) in [7, 11) is 2.02. The lowest BCUT2D eigenvalue weighted by Crippen LogP contribution is -2.24. The molecule has 0 saturated carbocycles. The molecule has 35 heavy (non-hydrogen) atoms. The third-order valence-corrected chi connectivity index (χ3v) is 4.92. The smallest absolute Gasteiger partial charge is 0.303 e. The number of hydrogen-bond acceptors (Lipinski definition) is 7. The van der Waals surface area contributed by atoms with Crippen molar-refractivity contribution in [2.45, 2.75) is 45.6 Å². The lowest BCUT2D eigenvalue weighted by Gasteiger charge is -2.18. The predicted octanol–water partition coefficient (Wildman–Crippen LogP) is 2.65. The van der Waals surface area contributed by atoms with Crippen LogP contribution in [0.25, 0.3) is 0 Å². The normalized spacial score (nSPS) is 14.7. The van der Waals surface area contributed by atoms with Crippen molar-refractivity contribution in [1.29, 1.82) is 0 Å². The SMILES string of the molecule is CCOc1ccc(Cl)cc1CN1CC[C@@H](CNC)C1.O=C(O)CCC(=O)O.O=C(O)CCC(=O)O. The van der Waals surface area contributed by atoms with Crippen LogP contribution in [0.2, 0.25) is 5.02 Å². The van der Waals surface area contributed by atoms with E-state index in [9.17, 15) is 19.2 Å². The summed E-state index contributed by atoms with van der Waals surface area (Å²) in [5, 5.41) is 35.6. The van der Waals surface area contributed by atoms with Crippen LogP contribution in [0.1, 0.15) is 44.6 Å². The number of rotatable bonds is 12. The molecule has 0 aromatic heterocycles. The zero-order chi connectivity index (χ0) is 26.8. The molecule has 0 spiro atoms. The maximum atomic E-state index is 9.64. The molecular formula is C23H35ClN2O9. The Kier molecular flexibility index (Phi) is 16.9. The minimum atomic E-state index is -1.08. The molecule has 1 aliphatic rings. The Balaban J connectivity index is 0.000000601. The molecule has 0 radical (unpaired) electrons. The Morgan fingerprint density at radius 1 is 1.00 bits per heavy atom. The molecule has 198 valence electrons. The number of carboxylic acids is 4. The first-order valence-electron chi connectivity index (χ1n) is 11.1. The number of benzene rings is 1. The van der Waals surface area contributed by atoms with E-state index < -0.39 is 23.9 Å². The summed E-state index contributed by atoms with van der Waals surface area (Å²) >= 11 is 6.10. The Bertz CT molecular complexity index is 764. The van der Waals surface area contributed by atoms with Crippen LogP contribution in [0.5, 0.6) is 5.75 Å². The number of carbonyl (C=O) groups is 4. The average molecular weight is 519 g/mol. The van der Waals surface area contributed by atoms with Crippen molar-refractivity contribution in [3.63, 3.8) is 0 Å². The van der Waals surface area contributed by atoms with E-state index in [1.54, 1.807) is 0 Å². The van der Waals surface area contributed by atoms with Crippen molar-refractivity contribution in [2.24, 2.45) is 5.92 Å². The summed E-state index contributed by atoms with van der Waals surface area (Å²) < 4.78 is 5.68. The Hall–Kier alpha value is -2.89. The van der Waals surface area contributed by atoms with Crippen LogP contribution < -0.4 is 10.1 Å². The van der Waals surface area contributed by atoms with Crippen LogP contribution in [0.15, 0.2) is 18.2 Å². The van der Waals surface area contributed by atoms with E-state index >= 15 is 0 Å². The van der Waals surface area contributed by atoms with Crippen molar-refractivity contribution in [2.75, 3.05) is 33.3 Å². The fourth-order valence-electron chi connectivity index (χ4n) is 3.15. The second-order valence-electron chi connectivity index (χ2n) is 7.71. The number of nitrogens with zero attached hydrogens (tertiary/aromatic N) is 1. The van der Waals surface area contributed by atoms with E-state index in [1.165, 1.54) is 12.0 Å². The number of aliphatic carboxylic acids is 4. The molecule has 12 heteroatoms. The number of carboxylic acid groups (broad SMARTS) is 4. The van der Waals surface area contributed by atoms with Crippen LogP contribution in [0.3, 0.4) is 0 Å². The van der Waals surface area contributed by atoms with E-state index in [0.29, 0.717) is 6.61 Å². The number of halogens is 1. The molecule has 1 fully saturated rings. The Labute approximate surface area is 209 Å². The molecule has 0 aliphatic carbocycles. The largest absolute Gasteiger partial charge is 0.494 e. The zero-order valence-electron chi connectivity index (χ0n) is 20.0. The molecule has 0 unspecified atom stereocenters. The van der Waals surface area contributed by atoms with Gasteiger partial charge < -0.3 is 30.5 Å². The molecule has 1 aliphatic heterocycles. The van der Waals surface area contributed by atoms with E-state index in [-0.39, 0.29) is 25.7 Å². The van der Waals surface area contributed by atoms with Gasteiger partial charge in [-0.25, -0.2) is 0 Å². The lowest BCUT2D eigenvalue weighted by molar-refractivity contribution is -0.143. The summed E-state index contributed by atoms with van der Waals surface area (Å²) in [5.74, 6) is -2.58. The molecule has 5 N–H and O–H groups in total. The van der Waals surface area contributed by atoms with E-state index in [4.69, 9.17) is 36.8 Å². The van der Waals surface area contributed by atoms with E-state index in [0.717, 1.165) is 42.9 Å². The predicted molar refractivity (Wildman–Crippen MR) is 129 cm³/mol. The van der Waals surface area contributed by atoms with Gasteiger partial charge in [-0.15, -0.1) is 0 Å². The molecular weight excluding hydrogens is 484 g/mol. The van der Waals surface area contributed by atoms with Gasteiger partial charge in [0, 0.05) is 23.7 Å². The fourth-order valence-corrected chi connectivity index (χ4v) is 3.34. The minimum Gasteiger partial charge on any atom is -0.494 e. The van der Waals surface area contributed by atoms with Gasteiger partial charge in [-0.1, -0.05) is 11.6 Å². The van der Waals surface area contributed by atoms with Gasteiger partial charge in [-0.05, 0) is 57.6 Å². The van der Waals surface area contributed by atoms with Crippen molar-refractivity contribution in [3.05, 3.63) is 28.8 Å². The highest BCUT2D eigenvalue weighted by molar-refractivity contribution is 6.30. The molecule has 0 amide bonds. The quantitative estimate of drug-likeness (QED) is 0.275. The number of likely N-dealkylation sites (tertiary alicyclic amines) is 1. The second-order valence-corrected chi connectivity index (χ2v) is 8.14. The maximum absolute atomic E-state index is 9.64. The van der Waals surface area contributed by atoms with E-state index in [1.807, 2.05) is 32.2 Å². The molecule has 2 rings (SSSR count). The average Bonchev–Trinajstić information content (AvgIpc) is 3.21. The van der Waals surface area contributed by atoms with Gasteiger partial charge in [0.2, 0.25) is 0 Å². The Morgan fingerprint density at radius 2 is 1.51 bits per heavy atom. The van der Waals surface area contributed by atoms with Gasteiger partial charge in [-0.2, -0.15) is 0 Å². The third-order valence-electron chi connectivity index (χ3n) is 4.68. The zero-order valence-corrected chi connectivity index (χ0v) is 20.8. The number of ether oxygens (including phenoxy) is 1. The van der Waals surface area contributed by atoms with Gasteiger partial charge in [0.25, 0.3) is 0 Å². The number of nitrogens with one attached hydrogen (secondary N) is 1. The fraction of sp³-hybridized carbons (Fsp3) is 0.565. The van der Waals surface area contributed by atoms with Crippen LogP contribution >= 0.6 is 11.6 Å². The summed E-state index contributed by atoms with van der Waals surface area (Å²) in [6.45, 7) is 7.04. The van der Waals surface area contributed by atoms with Crippen LogP contribution in [0.4, 0.5) is 0 Å². The molecule has 1 atom stereocenters. The van der Waals surface area contributed by atoms with Crippen LogP contribution in [0, 0.1) is 5.92 Å². The standard InChI is InChI=1S/C15H23ClN2O.2C4H6O4/c1-3-19-15-5-4-14(16)8-13(15)11-18-7-6-12(10-18)9-17-2;2*5-3(6)1-2-4(7)8/h4-5,8,12,17H,3,6-7,9-11H2,1-2H3;2*1-2H2,(H,5,6)(H,7,8)/t12-;;/m0../s1. The first kappa shape index (κ1) is 32.1. The minimum absolute atomic E-state index is 0.296. The van der Waals surface area contributed by atoms with Gasteiger partial charge in [0.1, 0.15) is 5.75 Å². The van der Waals surface area contributed by atoms with Crippen molar-refractivity contribution >= 4 is 35.5 Å². The van der Waals surface area contributed by atoms with Gasteiger partial charge in [0.05, 0.1) is 32.3 Å². The highest BCUT2D eigenvalue weighted by Gasteiger charge is 2.22. The summed E-state index contributed by atoms with van der Waals surface area (Å²) in [6.07, 6.45) is 0.0840. The molecule has 1 heterocycles. The Morgan fingerprint density at radius 3 is 1.94 bits per heavy atom. The molecule has 1 saturated heterocycles. The van der Waals surface area contributed by atoms with Crippen molar-refractivity contribution < 1.29 is 44.3 Å². The topological polar surface area (TPSA) is 174 Å². The molecule has 11 nitrogen and oxygen atoms in total. The van der Waals surface area contributed by atoms with Crippen molar-refractivity contribution in [3.8, 4) is 5.75 Å². The van der Waals surface area contributed by atoms with Crippen LogP contribution in [-0.2, 0) is 25.7 Å². The highest BCUT2D eigenvalue weighted by Crippen LogP contribution is 2.26. The van der Waals surface area contributed by atoms with Crippen molar-refractivity contribution in [1.82, 2.24) is 10.2 Å². The van der Waals surface area contributed by atoms with Crippen LogP contribution in [-0.4, -0.2) is 82.5 Å². The lowest BCUT2D eigenvalue weighted by atomic mass is 10.1. The van der Waals surface area contributed by atoms with Gasteiger partial charge in [-0.3, -0.25) is 24.1 Å². The maximum Gasteiger partial charge on any atom is 0.303 e. The second kappa shape index (κ2) is 18.4. The molecule has 1 aromatic carbocycles. The highest BCUT2D eigenvalue weighted by atomic mass is 35.5.